The Labute approximate surface area is 166 Å². The van der Waals surface area contributed by atoms with Crippen LogP contribution < -0.4 is 24.3 Å². The van der Waals surface area contributed by atoms with E-state index in [-0.39, 0.29) is 5.91 Å². The molecule has 0 aliphatic carbocycles. The number of carbonyl (C=O) groups is 1. The maximum Gasteiger partial charge on any atom is 0.255 e. The van der Waals surface area contributed by atoms with Gasteiger partial charge in [-0.15, -0.1) is 0 Å². The van der Waals surface area contributed by atoms with Crippen molar-refractivity contribution in [3.05, 3.63) is 42.0 Å². The number of nitrogens with one attached hydrogen (secondary N) is 1. The lowest BCUT2D eigenvalue weighted by Gasteiger charge is -2.15. The molecule has 0 unspecified atom stereocenters. The quantitative estimate of drug-likeness (QED) is 0.554. The van der Waals surface area contributed by atoms with Gasteiger partial charge >= 0.3 is 0 Å². The summed E-state index contributed by atoms with van der Waals surface area (Å²) in [6.45, 7) is 7.48. The largest absolute Gasteiger partial charge is 0.497 e. The summed E-state index contributed by atoms with van der Waals surface area (Å²) in [5, 5.41) is 2.91. The van der Waals surface area contributed by atoms with Crippen LogP contribution in [0.2, 0.25) is 0 Å². The van der Waals surface area contributed by atoms with E-state index in [9.17, 15) is 4.79 Å². The zero-order chi connectivity index (χ0) is 20.4. The van der Waals surface area contributed by atoms with Crippen molar-refractivity contribution in [2.24, 2.45) is 0 Å². The molecule has 2 rings (SSSR count). The molecule has 0 bridgehead atoms. The average molecular weight is 387 g/mol. The van der Waals surface area contributed by atoms with Crippen molar-refractivity contribution < 1.29 is 23.7 Å². The third-order valence-corrected chi connectivity index (χ3v) is 4.00. The Morgan fingerprint density at radius 3 is 2.29 bits per heavy atom. The summed E-state index contributed by atoms with van der Waals surface area (Å²) in [6.07, 6.45) is 1.97. The molecule has 28 heavy (non-hydrogen) atoms. The van der Waals surface area contributed by atoms with E-state index in [0.29, 0.717) is 54.1 Å². The molecule has 0 saturated carbocycles. The molecule has 2 aromatic carbocycles. The van der Waals surface area contributed by atoms with E-state index < -0.39 is 0 Å². The van der Waals surface area contributed by atoms with Crippen LogP contribution in [-0.2, 0) is 0 Å². The van der Waals surface area contributed by atoms with Gasteiger partial charge in [-0.25, -0.2) is 0 Å². The first-order valence-electron chi connectivity index (χ1n) is 9.64. The lowest BCUT2D eigenvalue weighted by molar-refractivity contribution is 0.102. The van der Waals surface area contributed by atoms with Gasteiger partial charge in [-0.3, -0.25) is 4.79 Å². The fourth-order valence-corrected chi connectivity index (χ4v) is 2.57. The predicted octanol–water partition coefficient (Wildman–Crippen LogP) is 4.92. The molecule has 0 fully saturated rings. The molecule has 0 heterocycles. The van der Waals surface area contributed by atoms with E-state index in [1.807, 2.05) is 13.8 Å². The van der Waals surface area contributed by atoms with Crippen LogP contribution in [0, 0.1) is 0 Å². The Balaban J connectivity index is 2.24. The van der Waals surface area contributed by atoms with Crippen LogP contribution in [0.25, 0.3) is 0 Å². The lowest BCUT2D eigenvalue weighted by Crippen LogP contribution is -2.14. The van der Waals surface area contributed by atoms with Gasteiger partial charge < -0.3 is 24.3 Å². The lowest BCUT2D eigenvalue weighted by atomic mass is 10.1. The Bertz CT molecular complexity index is 776. The average Bonchev–Trinajstić information content (AvgIpc) is 2.70. The SMILES string of the molecule is CCCCOc1ccc(OC)cc1NC(=O)c1ccc(OCC)c(OCC)c1. The number of ether oxygens (including phenoxy) is 4. The molecule has 0 aromatic heterocycles. The highest BCUT2D eigenvalue weighted by Gasteiger charge is 2.14. The number of rotatable bonds is 11. The molecule has 0 atom stereocenters. The number of hydrogen-bond donors (Lipinski definition) is 1. The van der Waals surface area contributed by atoms with Crippen LogP contribution in [0.3, 0.4) is 0 Å². The van der Waals surface area contributed by atoms with Crippen molar-refractivity contribution in [3.8, 4) is 23.0 Å². The number of methoxy groups -OCH3 is 1. The van der Waals surface area contributed by atoms with E-state index in [1.54, 1.807) is 43.5 Å². The smallest absolute Gasteiger partial charge is 0.255 e. The standard InChI is InChI=1S/C22H29NO5/c1-5-8-13-28-19-12-10-17(25-4)15-18(19)23-22(24)16-9-11-20(26-6-2)21(14-16)27-7-3/h9-12,14-15H,5-8,13H2,1-4H3,(H,23,24). The highest BCUT2D eigenvalue weighted by Crippen LogP contribution is 2.32. The van der Waals surface area contributed by atoms with Crippen LogP contribution in [0.15, 0.2) is 36.4 Å². The van der Waals surface area contributed by atoms with Gasteiger partial charge in [0.1, 0.15) is 11.5 Å². The van der Waals surface area contributed by atoms with Crippen molar-refractivity contribution in [1.29, 1.82) is 0 Å². The second-order valence-corrected chi connectivity index (χ2v) is 6.05. The Morgan fingerprint density at radius 2 is 1.61 bits per heavy atom. The fourth-order valence-electron chi connectivity index (χ4n) is 2.57. The van der Waals surface area contributed by atoms with Gasteiger partial charge in [0.05, 0.1) is 32.6 Å². The van der Waals surface area contributed by atoms with E-state index in [2.05, 4.69) is 12.2 Å². The highest BCUT2D eigenvalue weighted by atomic mass is 16.5. The van der Waals surface area contributed by atoms with E-state index in [4.69, 9.17) is 18.9 Å². The minimum absolute atomic E-state index is 0.266. The highest BCUT2D eigenvalue weighted by molar-refractivity contribution is 6.05. The number of carbonyl (C=O) groups excluding carboxylic acids is 1. The molecule has 0 saturated heterocycles. The maximum absolute atomic E-state index is 12.8. The molecule has 0 aliphatic rings. The van der Waals surface area contributed by atoms with Crippen molar-refractivity contribution in [1.82, 2.24) is 0 Å². The summed E-state index contributed by atoms with van der Waals surface area (Å²) in [7, 11) is 1.58. The molecule has 1 N–H and O–H groups in total. The van der Waals surface area contributed by atoms with Crippen molar-refractivity contribution in [3.63, 3.8) is 0 Å². The molecule has 1 amide bonds. The van der Waals surface area contributed by atoms with E-state index in [1.165, 1.54) is 0 Å². The van der Waals surface area contributed by atoms with Crippen LogP contribution in [0.1, 0.15) is 44.0 Å². The second-order valence-electron chi connectivity index (χ2n) is 6.05. The van der Waals surface area contributed by atoms with Gasteiger partial charge in [0.2, 0.25) is 0 Å². The third-order valence-electron chi connectivity index (χ3n) is 4.00. The number of benzene rings is 2. The molecule has 6 nitrogen and oxygen atoms in total. The number of unbranched alkanes of at least 4 members (excludes halogenated alkanes) is 1. The van der Waals surface area contributed by atoms with E-state index >= 15 is 0 Å². The van der Waals surface area contributed by atoms with Crippen molar-refractivity contribution in [2.75, 3.05) is 32.2 Å². The van der Waals surface area contributed by atoms with Gasteiger partial charge in [0.15, 0.2) is 11.5 Å². The topological polar surface area (TPSA) is 66.0 Å². The molecule has 0 aliphatic heterocycles. The normalized spacial score (nSPS) is 10.3. The van der Waals surface area contributed by atoms with E-state index in [0.717, 1.165) is 12.8 Å². The first-order chi connectivity index (χ1) is 13.6. The summed E-state index contributed by atoms with van der Waals surface area (Å²) in [5.41, 5.74) is 1.03. The van der Waals surface area contributed by atoms with Gasteiger partial charge in [-0.2, -0.15) is 0 Å². The molecule has 0 radical (unpaired) electrons. The summed E-state index contributed by atoms with van der Waals surface area (Å²) in [4.78, 5) is 12.8. The van der Waals surface area contributed by atoms with Crippen LogP contribution >= 0.6 is 0 Å². The number of hydrogen-bond acceptors (Lipinski definition) is 5. The summed E-state index contributed by atoms with van der Waals surface area (Å²) in [5.74, 6) is 2.14. The number of amides is 1. The monoisotopic (exact) mass is 387 g/mol. The first-order valence-corrected chi connectivity index (χ1v) is 9.64. The van der Waals surface area contributed by atoms with Crippen LogP contribution in [-0.4, -0.2) is 32.8 Å². The Hall–Kier alpha value is -2.89. The zero-order valence-corrected chi connectivity index (χ0v) is 17.0. The molecule has 2 aromatic rings. The van der Waals surface area contributed by atoms with Gasteiger partial charge in [0, 0.05) is 11.6 Å². The zero-order valence-electron chi connectivity index (χ0n) is 17.0. The molecule has 152 valence electrons. The van der Waals surface area contributed by atoms with Gasteiger partial charge in [-0.1, -0.05) is 13.3 Å². The van der Waals surface area contributed by atoms with Crippen molar-refractivity contribution in [2.45, 2.75) is 33.6 Å². The third kappa shape index (κ3) is 5.81. The second kappa shape index (κ2) is 11.1. The van der Waals surface area contributed by atoms with Crippen LogP contribution in [0.4, 0.5) is 5.69 Å². The molecular formula is C22H29NO5. The van der Waals surface area contributed by atoms with Gasteiger partial charge in [-0.05, 0) is 50.6 Å². The molecule has 0 spiro atoms. The maximum atomic E-state index is 12.8. The van der Waals surface area contributed by atoms with Gasteiger partial charge in [0.25, 0.3) is 5.91 Å². The predicted molar refractivity (Wildman–Crippen MR) is 110 cm³/mol. The molecular weight excluding hydrogens is 358 g/mol. The minimum atomic E-state index is -0.266. The Morgan fingerprint density at radius 1 is 0.893 bits per heavy atom. The Kier molecular flexibility index (Phi) is 8.46. The fraction of sp³-hybridized carbons (Fsp3) is 0.409. The number of anilines is 1. The van der Waals surface area contributed by atoms with Crippen molar-refractivity contribution >= 4 is 11.6 Å². The summed E-state index contributed by atoms with van der Waals surface area (Å²) >= 11 is 0. The first kappa shape index (κ1) is 21.4. The summed E-state index contributed by atoms with van der Waals surface area (Å²) < 4.78 is 22.2. The molecule has 6 heteroatoms. The summed E-state index contributed by atoms with van der Waals surface area (Å²) in [6, 6.07) is 10.5. The van der Waals surface area contributed by atoms with Crippen LogP contribution in [0.5, 0.6) is 23.0 Å². The minimum Gasteiger partial charge on any atom is -0.497 e.